The van der Waals surface area contributed by atoms with Crippen molar-refractivity contribution in [2.45, 2.75) is 0 Å². The Bertz CT molecular complexity index is 753. The van der Waals surface area contributed by atoms with Gasteiger partial charge in [-0.2, -0.15) is 0 Å². The number of aliphatic imine (C=N–C) groups is 1. The molecule has 1 heterocycles. The summed E-state index contributed by atoms with van der Waals surface area (Å²) < 4.78 is 1.05. The van der Waals surface area contributed by atoms with Gasteiger partial charge < -0.3 is 5.32 Å². The molecule has 0 amide bonds. The zero-order valence-electron chi connectivity index (χ0n) is 11.8. The first-order valence-electron chi connectivity index (χ1n) is 6.94. The molecule has 3 aromatic rings. The second-order valence-corrected chi connectivity index (χ2v) is 5.63. The maximum Gasteiger partial charge on any atom is 0.169 e. The van der Waals surface area contributed by atoms with Crippen LogP contribution in [0.25, 0.3) is 0 Å². The summed E-state index contributed by atoms with van der Waals surface area (Å²) in [6, 6.07) is 22.0. The van der Waals surface area contributed by atoms with E-state index >= 15 is 0 Å². The molecule has 0 fully saturated rings. The number of halogens is 1. The van der Waals surface area contributed by atoms with Crippen molar-refractivity contribution in [2.75, 3.05) is 5.32 Å². The SMILES string of the molecule is Brc1ccc(NC(=Nc2cc[nH+]cc2)c2ccccc2)cc1. The molecule has 0 bridgehead atoms. The first-order valence-corrected chi connectivity index (χ1v) is 7.73. The van der Waals surface area contributed by atoms with Crippen LogP contribution in [0.15, 0.2) is 88.6 Å². The topological polar surface area (TPSA) is 38.5 Å². The molecule has 3 rings (SSSR count). The second-order valence-electron chi connectivity index (χ2n) is 4.72. The van der Waals surface area contributed by atoms with Crippen molar-refractivity contribution in [3.8, 4) is 0 Å². The number of aromatic amines is 1. The number of anilines is 1. The predicted octanol–water partition coefficient (Wildman–Crippen LogP) is 4.45. The lowest BCUT2D eigenvalue weighted by atomic mass is 10.2. The van der Waals surface area contributed by atoms with Gasteiger partial charge in [0.1, 0.15) is 5.84 Å². The minimum Gasteiger partial charge on any atom is -0.340 e. The number of aromatic nitrogens is 1. The lowest BCUT2D eigenvalue weighted by Crippen LogP contribution is -2.13. The first-order chi connectivity index (χ1) is 10.8. The number of nitrogens with one attached hydrogen (secondary N) is 2. The zero-order chi connectivity index (χ0) is 15.2. The van der Waals surface area contributed by atoms with Gasteiger partial charge in [0, 0.05) is 27.9 Å². The van der Waals surface area contributed by atoms with E-state index in [0.717, 1.165) is 27.2 Å². The average molecular weight is 353 g/mol. The van der Waals surface area contributed by atoms with Crippen molar-refractivity contribution >= 4 is 33.1 Å². The summed E-state index contributed by atoms with van der Waals surface area (Å²) in [5, 5.41) is 3.39. The Morgan fingerprint density at radius 1 is 0.864 bits per heavy atom. The zero-order valence-corrected chi connectivity index (χ0v) is 13.4. The molecule has 0 spiro atoms. The normalized spacial score (nSPS) is 11.2. The predicted molar refractivity (Wildman–Crippen MR) is 93.4 cm³/mol. The average Bonchev–Trinajstić information content (AvgIpc) is 2.58. The maximum absolute atomic E-state index is 4.72. The van der Waals surface area contributed by atoms with Crippen molar-refractivity contribution in [3.63, 3.8) is 0 Å². The first kappa shape index (κ1) is 14.5. The third-order valence-electron chi connectivity index (χ3n) is 3.10. The maximum atomic E-state index is 4.72. The Hall–Kier alpha value is -2.46. The number of nitrogens with zero attached hydrogens (tertiary/aromatic N) is 1. The highest BCUT2D eigenvalue weighted by atomic mass is 79.9. The fourth-order valence-corrected chi connectivity index (χ4v) is 2.28. The van der Waals surface area contributed by atoms with E-state index in [9.17, 15) is 0 Å². The van der Waals surface area contributed by atoms with E-state index in [-0.39, 0.29) is 0 Å². The van der Waals surface area contributed by atoms with Gasteiger partial charge in [0.2, 0.25) is 0 Å². The molecule has 2 aromatic carbocycles. The third kappa shape index (κ3) is 3.80. The van der Waals surface area contributed by atoms with Crippen molar-refractivity contribution in [3.05, 3.63) is 89.2 Å². The molecule has 0 saturated heterocycles. The van der Waals surface area contributed by atoms with Gasteiger partial charge in [-0.25, -0.2) is 9.98 Å². The molecule has 2 N–H and O–H groups in total. The molecule has 0 aliphatic rings. The van der Waals surface area contributed by atoms with Crippen LogP contribution in [-0.4, -0.2) is 5.84 Å². The van der Waals surface area contributed by atoms with Crippen LogP contribution >= 0.6 is 15.9 Å². The van der Waals surface area contributed by atoms with Crippen LogP contribution in [0.5, 0.6) is 0 Å². The Morgan fingerprint density at radius 3 is 2.23 bits per heavy atom. The number of amidine groups is 1. The van der Waals surface area contributed by atoms with E-state index in [1.807, 2.05) is 79.1 Å². The molecular formula is C18H15BrN3+. The smallest absolute Gasteiger partial charge is 0.169 e. The molecule has 0 atom stereocenters. The Labute approximate surface area is 137 Å². The molecule has 0 unspecified atom stereocenters. The lowest BCUT2D eigenvalue weighted by Gasteiger charge is -2.10. The highest BCUT2D eigenvalue weighted by molar-refractivity contribution is 9.10. The standard InChI is InChI=1S/C18H14BrN3/c19-15-6-8-16(9-7-15)21-18(14-4-2-1-3-5-14)22-17-10-12-20-13-11-17/h1-13H,(H,20,21,22)/p+1. The minimum atomic E-state index is 0.814. The van der Waals surface area contributed by atoms with Crippen LogP contribution in [0.1, 0.15) is 5.56 Å². The van der Waals surface area contributed by atoms with Gasteiger partial charge in [0.15, 0.2) is 12.4 Å². The van der Waals surface area contributed by atoms with Crippen molar-refractivity contribution in [2.24, 2.45) is 4.99 Å². The lowest BCUT2D eigenvalue weighted by molar-refractivity contribution is -0.377. The monoisotopic (exact) mass is 352 g/mol. The molecule has 4 heteroatoms. The number of hydrogen-bond donors (Lipinski definition) is 1. The quantitative estimate of drug-likeness (QED) is 0.548. The van der Waals surface area contributed by atoms with Crippen LogP contribution in [0.2, 0.25) is 0 Å². The van der Waals surface area contributed by atoms with Crippen molar-refractivity contribution in [1.82, 2.24) is 0 Å². The summed E-state index contributed by atoms with van der Waals surface area (Å²) in [5.74, 6) is 0.814. The fourth-order valence-electron chi connectivity index (χ4n) is 2.01. The van der Waals surface area contributed by atoms with Crippen LogP contribution in [-0.2, 0) is 0 Å². The van der Waals surface area contributed by atoms with Gasteiger partial charge in [0.05, 0.1) is 5.69 Å². The molecule has 0 aliphatic carbocycles. The van der Waals surface area contributed by atoms with Gasteiger partial charge in [-0.3, -0.25) is 0 Å². The fraction of sp³-hybridized carbons (Fsp3) is 0. The Morgan fingerprint density at radius 2 is 1.55 bits per heavy atom. The number of hydrogen-bond acceptors (Lipinski definition) is 1. The van der Waals surface area contributed by atoms with E-state index in [1.165, 1.54) is 0 Å². The van der Waals surface area contributed by atoms with Crippen LogP contribution in [0.4, 0.5) is 11.4 Å². The van der Waals surface area contributed by atoms with Gasteiger partial charge >= 0.3 is 0 Å². The van der Waals surface area contributed by atoms with Crippen molar-refractivity contribution < 1.29 is 4.98 Å². The molecule has 1 aromatic heterocycles. The summed E-state index contributed by atoms with van der Waals surface area (Å²) in [6.07, 6.45) is 3.72. The minimum absolute atomic E-state index is 0.814. The van der Waals surface area contributed by atoms with E-state index in [0.29, 0.717) is 0 Å². The van der Waals surface area contributed by atoms with E-state index in [1.54, 1.807) is 0 Å². The van der Waals surface area contributed by atoms with E-state index in [2.05, 4.69) is 26.2 Å². The molecule has 0 radical (unpaired) electrons. The van der Waals surface area contributed by atoms with Gasteiger partial charge in [-0.05, 0) is 24.3 Å². The molecule has 108 valence electrons. The number of H-pyrrole nitrogens is 1. The van der Waals surface area contributed by atoms with Gasteiger partial charge in [-0.15, -0.1) is 0 Å². The van der Waals surface area contributed by atoms with E-state index < -0.39 is 0 Å². The summed E-state index contributed by atoms with van der Waals surface area (Å²) in [7, 11) is 0. The van der Waals surface area contributed by atoms with Crippen molar-refractivity contribution in [1.29, 1.82) is 0 Å². The Kier molecular flexibility index (Phi) is 4.61. The number of rotatable bonds is 3. The molecule has 0 saturated carbocycles. The van der Waals surface area contributed by atoms with Crippen LogP contribution in [0, 0.1) is 0 Å². The molecule has 3 nitrogen and oxygen atoms in total. The van der Waals surface area contributed by atoms with E-state index in [4.69, 9.17) is 4.99 Å². The second kappa shape index (κ2) is 7.00. The summed E-state index contributed by atoms with van der Waals surface area (Å²) in [4.78, 5) is 7.73. The molecule has 0 aliphatic heterocycles. The van der Waals surface area contributed by atoms with Crippen LogP contribution in [0.3, 0.4) is 0 Å². The molecular weight excluding hydrogens is 338 g/mol. The van der Waals surface area contributed by atoms with Gasteiger partial charge in [-0.1, -0.05) is 46.3 Å². The van der Waals surface area contributed by atoms with Gasteiger partial charge in [0.25, 0.3) is 0 Å². The Balaban J connectivity index is 1.96. The third-order valence-corrected chi connectivity index (χ3v) is 3.62. The highest BCUT2D eigenvalue weighted by Crippen LogP contribution is 2.17. The van der Waals surface area contributed by atoms with Crippen LogP contribution < -0.4 is 10.3 Å². The molecule has 22 heavy (non-hydrogen) atoms. The highest BCUT2D eigenvalue weighted by Gasteiger charge is 2.05. The summed E-state index contributed by atoms with van der Waals surface area (Å²) in [6.45, 7) is 0. The summed E-state index contributed by atoms with van der Waals surface area (Å²) >= 11 is 3.45. The summed E-state index contributed by atoms with van der Waals surface area (Å²) in [5.41, 5.74) is 2.92. The largest absolute Gasteiger partial charge is 0.340 e. The number of pyridine rings is 1. The number of benzene rings is 2.